The Labute approximate surface area is 129 Å². The molecular formula is C16H21NO3S. The minimum Gasteiger partial charge on any atom is -0.497 e. The zero-order valence-corrected chi connectivity index (χ0v) is 13.8. The fourth-order valence-corrected chi connectivity index (χ4v) is 3.48. The van der Waals surface area contributed by atoms with Crippen LogP contribution in [-0.2, 0) is 11.3 Å². The quantitative estimate of drug-likeness (QED) is 0.759. The van der Waals surface area contributed by atoms with Crippen LogP contribution in [0.4, 0.5) is 0 Å². The van der Waals surface area contributed by atoms with E-state index in [4.69, 9.17) is 9.57 Å². The zero-order chi connectivity index (χ0) is 15.4. The van der Waals surface area contributed by atoms with Crippen LogP contribution >= 0.6 is 11.3 Å². The lowest BCUT2D eigenvalue weighted by atomic mass is 10.1. The summed E-state index contributed by atoms with van der Waals surface area (Å²) in [7, 11) is 1.64. The van der Waals surface area contributed by atoms with Gasteiger partial charge in [-0.2, -0.15) is 0 Å². The first-order chi connectivity index (χ1) is 10.1. The van der Waals surface area contributed by atoms with Crippen LogP contribution in [-0.4, -0.2) is 31.2 Å². The van der Waals surface area contributed by atoms with Crippen molar-refractivity contribution in [3.8, 4) is 5.75 Å². The molecule has 0 radical (unpaired) electrons. The van der Waals surface area contributed by atoms with Crippen molar-refractivity contribution in [2.45, 2.75) is 27.2 Å². The van der Waals surface area contributed by atoms with E-state index in [9.17, 15) is 4.79 Å². The molecule has 2 rings (SSSR count). The molecule has 1 aromatic heterocycles. The molecule has 0 aliphatic heterocycles. The molecule has 0 aliphatic rings. The Bertz CT molecular complexity index is 632. The van der Waals surface area contributed by atoms with Crippen LogP contribution in [0.3, 0.4) is 0 Å². The number of carbonyl (C=O) groups is 1. The van der Waals surface area contributed by atoms with Gasteiger partial charge < -0.3 is 9.57 Å². The molecule has 114 valence electrons. The molecule has 5 heteroatoms. The Balaban J connectivity index is 2.40. The third-order valence-corrected chi connectivity index (χ3v) is 4.63. The third-order valence-electron chi connectivity index (χ3n) is 3.46. The first-order valence-corrected chi connectivity index (χ1v) is 8.02. The molecule has 1 heterocycles. The first kappa shape index (κ1) is 15.8. The van der Waals surface area contributed by atoms with Crippen LogP contribution in [0.1, 0.15) is 36.0 Å². The summed E-state index contributed by atoms with van der Waals surface area (Å²) in [5.41, 5.74) is 1.05. The van der Waals surface area contributed by atoms with Gasteiger partial charge in [0, 0.05) is 17.8 Å². The van der Waals surface area contributed by atoms with E-state index in [2.05, 4.69) is 6.92 Å². The molecule has 0 saturated heterocycles. The van der Waals surface area contributed by atoms with Crippen molar-refractivity contribution >= 4 is 27.4 Å². The van der Waals surface area contributed by atoms with Crippen molar-refractivity contribution in [3.05, 3.63) is 28.6 Å². The monoisotopic (exact) mass is 307 g/mol. The molecule has 0 amide bonds. The van der Waals surface area contributed by atoms with Crippen LogP contribution in [0.15, 0.2) is 18.2 Å². The van der Waals surface area contributed by atoms with E-state index in [0.717, 1.165) is 27.8 Å². The van der Waals surface area contributed by atoms with Gasteiger partial charge in [0.1, 0.15) is 10.6 Å². The zero-order valence-electron chi connectivity index (χ0n) is 12.9. The molecule has 0 atom stereocenters. The van der Waals surface area contributed by atoms with Crippen LogP contribution < -0.4 is 4.74 Å². The van der Waals surface area contributed by atoms with Gasteiger partial charge in [-0.25, -0.2) is 4.79 Å². The standard InChI is InChI=1S/C16H21NO3S/c1-5-12-13-9-8-11(19-4)10-14(13)21-15(12)16(18)20-17(6-2)7-3/h8-10H,5-7H2,1-4H3. The average molecular weight is 307 g/mol. The number of fused-ring (bicyclic) bond motifs is 1. The van der Waals surface area contributed by atoms with Gasteiger partial charge in [-0.1, -0.05) is 6.92 Å². The van der Waals surface area contributed by atoms with Crippen molar-refractivity contribution in [2.24, 2.45) is 0 Å². The molecule has 21 heavy (non-hydrogen) atoms. The largest absolute Gasteiger partial charge is 0.497 e. The van der Waals surface area contributed by atoms with E-state index >= 15 is 0 Å². The number of aryl methyl sites for hydroxylation is 1. The highest BCUT2D eigenvalue weighted by Crippen LogP contribution is 2.34. The lowest BCUT2D eigenvalue weighted by Gasteiger charge is -2.16. The van der Waals surface area contributed by atoms with Crippen molar-refractivity contribution in [2.75, 3.05) is 20.2 Å². The second-order valence-corrected chi connectivity index (χ2v) is 5.67. The first-order valence-electron chi connectivity index (χ1n) is 7.21. The molecule has 0 N–H and O–H groups in total. The fourth-order valence-electron chi connectivity index (χ4n) is 2.28. The Kier molecular flexibility index (Phi) is 5.20. The van der Waals surface area contributed by atoms with Gasteiger partial charge in [0.25, 0.3) is 0 Å². The number of thiophene rings is 1. The van der Waals surface area contributed by atoms with Crippen molar-refractivity contribution in [3.63, 3.8) is 0 Å². The highest BCUT2D eigenvalue weighted by molar-refractivity contribution is 7.21. The number of benzene rings is 1. The number of nitrogens with zero attached hydrogens (tertiary/aromatic N) is 1. The van der Waals surface area contributed by atoms with Crippen molar-refractivity contribution < 1.29 is 14.4 Å². The Morgan fingerprint density at radius 2 is 1.95 bits per heavy atom. The van der Waals surface area contributed by atoms with Crippen LogP contribution in [0.25, 0.3) is 10.1 Å². The summed E-state index contributed by atoms with van der Waals surface area (Å²) in [6.07, 6.45) is 0.801. The molecule has 0 saturated carbocycles. The Hall–Kier alpha value is -1.59. The molecule has 4 nitrogen and oxygen atoms in total. The van der Waals surface area contributed by atoms with Gasteiger partial charge in [-0.3, -0.25) is 0 Å². The number of hydrogen-bond acceptors (Lipinski definition) is 5. The van der Waals surface area contributed by atoms with Crippen molar-refractivity contribution in [1.29, 1.82) is 0 Å². The summed E-state index contributed by atoms with van der Waals surface area (Å²) in [6, 6.07) is 5.90. The average Bonchev–Trinajstić information content (AvgIpc) is 2.89. The van der Waals surface area contributed by atoms with E-state index < -0.39 is 0 Å². The molecule has 1 aromatic carbocycles. The number of methoxy groups -OCH3 is 1. The normalized spacial score (nSPS) is 11.1. The molecule has 0 spiro atoms. The lowest BCUT2D eigenvalue weighted by Crippen LogP contribution is -2.26. The lowest BCUT2D eigenvalue weighted by molar-refractivity contribution is -0.102. The summed E-state index contributed by atoms with van der Waals surface area (Å²) in [5, 5.41) is 2.77. The van der Waals surface area contributed by atoms with E-state index in [1.807, 2.05) is 32.0 Å². The molecular weight excluding hydrogens is 286 g/mol. The molecule has 0 unspecified atom stereocenters. The number of ether oxygens (including phenoxy) is 1. The smallest absolute Gasteiger partial charge is 0.367 e. The van der Waals surface area contributed by atoms with Gasteiger partial charge in [0.15, 0.2) is 0 Å². The van der Waals surface area contributed by atoms with Crippen molar-refractivity contribution in [1.82, 2.24) is 5.06 Å². The van der Waals surface area contributed by atoms with E-state index in [-0.39, 0.29) is 5.97 Å². The maximum absolute atomic E-state index is 12.4. The second kappa shape index (κ2) is 6.91. The maximum Gasteiger partial charge on any atom is 0.367 e. The summed E-state index contributed by atoms with van der Waals surface area (Å²) >= 11 is 1.47. The number of carbonyl (C=O) groups excluding carboxylic acids is 1. The van der Waals surface area contributed by atoms with E-state index in [0.29, 0.717) is 18.0 Å². The van der Waals surface area contributed by atoms with E-state index in [1.165, 1.54) is 11.3 Å². The number of hydrogen-bond donors (Lipinski definition) is 0. The summed E-state index contributed by atoms with van der Waals surface area (Å²) in [6.45, 7) is 7.35. The fraction of sp³-hybridized carbons (Fsp3) is 0.438. The molecule has 0 bridgehead atoms. The van der Waals surface area contributed by atoms with Gasteiger partial charge in [0.2, 0.25) is 0 Å². The summed E-state index contributed by atoms with van der Waals surface area (Å²) < 4.78 is 6.30. The predicted octanol–water partition coefficient (Wildman–Crippen LogP) is 3.89. The minimum absolute atomic E-state index is 0.268. The topological polar surface area (TPSA) is 38.8 Å². The highest BCUT2D eigenvalue weighted by Gasteiger charge is 2.20. The van der Waals surface area contributed by atoms with Crippen LogP contribution in [0.5, 0.6) is 5.75 Å². The molecule has 2 aromatic rings. The Morgan fingerprint density at radius 3 is 2.52 bits per heavy atom. The van der Waals surface area contributed by atoms with Gasteiger partial charge in [-0.05, 0) is 49.4 Å². The summed E-state index contributed by atoms with van der Waals surface area (Å²) in [4.78, 5) is 18.5. The summed E-state index contributed by atoms with van der Waals surface area (Å²) in [5.74, 6) is 0.533. The van der Waals surface area contributed by atoms with Gasteiger partial charge in [0.05, 0.1) is 7.11 Å². The van der Waals surface area contributed by atoms with E-state index in [1.54, 1.807) is 12.2 Å². The van der Waals surface area contributed by atoms with Crippen LogP contribution in [0, 0.1) is 0 Å². The van der Waals surface area contributed by atoms with Crippen LogP contribution in [0.2, 0.25) is 0 Å². The van der Waals surface area contributed by atoms with Gasteiger partial charge in [-0.15, -0.1) is 16.4 Å². The minimum atomic E-state index is -0.268. The predicted molar refractivity (Wildman–Crippen MR) is 86.1 cm³/mol. The maximum atomic E-state index is 12.4. The Morgan fingerprint density at radius 1 is 1.24 bits per heavy atom. The molecule has 0 aliphatic carbocycles. The second-order valence-electron chi connectivity index (χ2n) is 4.62. The SMILES string of the molecule is CCc1c(C(=O)ON(CC)CC)sc2cc(OC)ccc12. The highest BCUT2D eigenvalue weighted by atomic mass is 32.1. The number of hydroxylamine groups is 2. The third kappa shape index (κ3) is 3.19. The molecule has 0 fully saturated rings. The number of rotatable bonds is 6. The van der Waals surface area contributed by atoms with Gasteiger partial charge >= 0.3 is 5.97 Å².